The summed E-state index contributed by atoms with van der Waals surface area (Å²) in [5.41, 5.74) is 0. The van der Waals surface area contributed by atoms with Crippen molar-refractivity contribution in [2.24, 2.45) is 10.9 Å². The van der Waals surface area contributed by atoms with Gasteiger partial charge in [0.15, 0.2) is 5.96 Å². The molecule has 2 amide bonds. The van der Waals surface area contributed by atoms with Crippen LogP contribution in [-0.2, 0) is 9.59 Å². The standard InChI is InChI=1S/C18H33N5O2.HI/c1-3-15(23-13-5-6-16(23)24)9-10-21-18(19-4-2)22-12-11-20-17(25)14-7-8-14;/h14-15H,3-13H2,1-2H3,(H,20,25)(H2,19,21,22);1H. The molecule has 2 rings (SSSR count). The van der Waals surface area contributed by atoms with Crippen LogP contribution in [0.4, 0.5) is 0 Å². The highest BCUT2D eigenvalue weighted by Crippen LogP contribution is 2.28. The molecule has 1 atom stereocenters. The van der Waals surface area contributed by atoms with E-state index in [1.807, 2.05) is 11.8 Å². The van der Waals surface area contributed by atoms with E-state index in [1.165, 1.54) is 0 Å². The van der Waals surface area contributed by atoms with Gasteiger partial charge in [0.2, 0.25) is 11.8 Å². The zero-order chi connectivity index (χ0) is 18.1. The van der Waals surface area contributed by atoms with E-state index in [-0.39, 0.29) is 41.7 Å². The number of nitrogens with one attached hydrogen (secondary N) is 3. The Balaban J connectivity index is 0.00000338. The van der Waals surface area contributed by atoms with E-state index in [4.69, 9.17) is 0 Å². The van der Waals surface area contributed by atoms with Gasteiger partial charge in [0.1, 0.15) is 0 Å². The Morgan fingerprint density at radius 2 is 1.96 bits per heavy atom. The highest BCUT2D eigenvalue weighted by molar-refractivity contribution is 14.0. The summed E-state index contributed by atoms with van der Waals surface area (Å²) in [4.78, 5) is 30.1. The SMILES string of the molecule is CCNC(=NCCC(CC)N1CCCC1=O)NCCNC(=O)C1CC1.I. The monoisotopic (exact) mass is 479 g/mol. The van der Waals surface area contributed by atoms with Crippen LogP contribution in [0.2, 0.25) is 0 Å². The molecule has 3 N–H and O–H groups in total. The fraction of sp³-hybridized carbons (Fsp3) is 0.833. The first-order valence-electron chi connectivity index (χ1n) is 9.75. The second-order valence-corrected chi connectivity index (χ2v) is 6.79. The van der Waals surface area contributed by atoms with Gasteiger partial charge in [0, 0.05) is 51.1 Å². The quantitative estimate of drug-likeness (QED) is 0.192. The molecule has 0 radical (unpaired) electrons. The van der Waals surface area contributed by atoms with Crippen molar-refractivity contribution < 1.29 is 9.59 Å². The molecule has 150 valence electrons. The Morgan fingerprint density at radius 1 is 1.23 bits per heavy atom. The third-order valence-electron chi connectivity index (χ3n) is 4.76. The number of carbonyl (C=O) groups excluding carboxylic acids is 2. The summed E-state index contributed by atoms with van der Waals surface area (Å²) < 4.78 is 0. The number of nitrogens with zero attached hydrogens (tertiary/aromatic N) is 2. The van der Waals surface area contributed by atoms with Crippen molar-refractivity contribution >= 4 is 41.8 Å². The van der Waals surface area contributed by atoms with E-state index in [0.29, 0.717) is 32.1 Å². The zero-order valence-electron chi connectivity index (χ0n) is 16.1. The number of halogens is 1. The van der Waals surface area contributed by atoms with Crippen LogP contribution in [-0.4, -0.2) is 61.4 Å². The van der Waals surface area contributed by atoms with Crippen molar-refractivity contribution in [1.82, 2.24) is 20.9 Å². The maximum Gasteiger partial charge on any atom is 0.223 e. The van der Waals surface area contributed by atoms with Crippen LogP contribution in [0, 0.1) is 5.92 Å². The van der Waals surface area contributed by atoms with Gasteiger partial charge >= 0.3 is 0 Å². The molecule has 0 aromatic rings. The molecule has 1 heterocycles. The lowest BCUT2D eigenvalue weighted by Crippen LogP contribution is -2.42. The largest absolute Gasteiger partial charge is 0.357 e. The Morgan fingerprint density at radius 3 is 2.54 bits per heavy atom. The zero-order valence-corrected chi connectivity index (χ0v) is 18.4. The van der Waals surface area contributed by atoms with Gasteiger partial charge in [0.25, 0.3) is 0 Å². The lowest BCUT2D eigenvalue weighted by Gasteiger charge is -2.26. The summed E-state index contributed by atoms with van der Waals surface area (Å²) in [6, 6.07) is 0.291. The highest BCUT2D eigenvalue weighted by atomic mass is 127. The second kappa shape index (κ2) is 12.3. The molecule has 1 saturated heterocycles. The highest BCUT2D eigenvalue weighted by Gasteiger charge is 2.29. The Bertz CT molecular complexity index is 482. The minimum absolute atomic E-state index is 0. The van der Waals surface area contributed by atoms with E-state index in [9.17, 15) is 9.59 Å². The third-order valence-corrected chi connectivity index (χ3v) is 4.76. The van der Waals surface area contributed by atoms with Crippen LogP contribution in [0.15, 0.2) is 4.99 Å². The number of guanidine groups is 1. The first-order chi connectivity index (χ1) is 12.2. The van der Waals surface area contributed by atoms with Crippen molar-refractivity contribution in [2.75, 3.05) is 32.7 Å². The summed E-state index contributed by atoms with van der Waals surface area (Å²) in [6.45, 7) is 7.80. The maximum absolute atomic E-state index is 11.9. The average molecular weight is 479 g/mol. The van der Waals surface area contributed by atoms with Gasteiger partial charge < -0.3 is 20.9 Å². The molecule has 1 unspecified atom stereocenters. The van der Waals surface area contributed by atoms with Crippen LogP contribution in [0.3, 0.4) is 0 Å². The minimum atomic E-state index is 0. The van der Waals surface area contributed by atoms with E-state index >= 15 is 0 Å². The topological polar surface area (TPSA) is 85.8 Å². The molecule has 2 aliphatic rings. The fourth-order valence-corrected chi connectivity index (χ4v) is 3.16. The predicted molar refractivity (Wildman–Crippen MR) is 115 cm³/mol. The fourth-order valence-electron chi connectivity index (χ4n) is 3.16. The minimum Gasteiger partial charge on any atom is -0.357 e. The van der Waals surface area contributed by atoms with Crippen LogP contribution < -0.4 is 16.0 Å². The molecule has 1 saturated carbocycles. The lowest BCUT2D eigenvalue weighted by atomic mass is 10.1. The molecule has 0 spiro atoms. The first-order valence-corrected chi connectivity index (χ1v) is 9.75. The number of rotatable bonds is 10. The van der Waals surface area contributed by atoms with Gasteiger partial charge in [-0.3, -0.25) is 14.6 Å². The molecular weight excluding hydrogens is 445 g/mol. The number of likely N-dealkylation sites (tertiary alicyclic amines) is 1. The van der Waals surface area contributed by atoms with Crippen molar-refractivity contribution in [3.8, 4) is 0 Å². The normalized spacial score (nSPS) is 18.3. The Hall–Kier alpha value is -1.06. The summed E-state index contributed by atoms with van der Waals surface area (Å²) in [5, 5.41) is 9.41. The number of hydrogen-bond donors (Lipinski definition) is 3. The van der Waals surface area contributed by atoms with Crippen LogP contribution in [0.1, 0.15) is 52.4 Å². The van der Waals surface area contributed by atoms with Crippen molar-refractivity contribution in [3.05, 3.63) is 0 Å². The number of hydrogen-bond acceptors (Lipinski definition) is 3. The number of carbonyl (C=O) groups is 2. The van der Waals surface area contributed by atoms with Crippen LogP contribution in [0.5, 0.6) is 0 Å². The van der Waals surface area contributed by atoms with E-state index < -0.39 is 0 Å². The van der Waals surface area contributed by atoms with Gasteiger partial charge in [-0.1, -0.05) is 6.92 Å². The smallest absolute Gasteiger partial charge is 0.223 e. The van der Waals surface area contributed by atoms with Crippen molar-refractivity contribution in [1.29, 1.82) is 0 Å². The van der Waals surface area contributed by atoms with Crippen molar-refractivity contribution in [2.45, 2.75) is 58.4 Å². The molecule has 0 aromatic heterocycles. The van der Waals surface area contributed by atoms with Crippen LogP contribution >= 0.6 is 24.0 Å². The average Bonchev–Trinajstić information content (AvgIpc) is 3.37. The Labute approximate surface area is 174 Å². The molecule has 26 heavy (non-hydrogen) atoms. The number of amides is 2. The van der Waals surface area contributed by atoms with Gasteiger partial charge in [-0.05, 0) is 39.0 Å². The Kier molecular flexibility index (Phi) is 10.9. The summed E-state index contributed by atoms with van der Waals surface area (Å²) in [5.74, 6) is 1.48. The van der Waals surface area contributed by atoms with Crippen molar-refractivity contribution in [3.63, 3.8) is 0 Å². The molecular formula is C18H34IN5O2. The van der Waals surface area contributed by atoms with E-state index in [2.05, 4.69) is 27.9 Å². The lowest BCUT2D eigenvalue weighted by molar-refractivity contribution is -0.129. The van der Waals surface area contributed by atoms with Crippen LogP contribution in [0.25, 0.3) is 0 Å². The van der Waals surface area contributed by atoms with Gasteiger partial charge in [-0.15, -0.1) is 24.0 Å². The maximum atomic E-state index is 11.9. The second-order valence-electron chi connectivity index (χ2n) is 6.79. The summed E-state index contributed by atoms with van der Waals surface area (Å²) in [7, 11) is 0. The van der Waals surface area contributed by atoms with E-state index in [0.717, 1.165) is 51.2 Å². The van der Waals surface area contributed by atoms with Gasteiger partial charge in [-0.2, -0.15) is 0 Å². The molecule has 7 nitrogen and oxygen atoms in total. The molecule has 0 aromatic carbocycles. The first kappa shape index (κ1) is 23.0. The number of aliphatic imine (C=N–C) groups is 1. The summed E-state index contributed by atoms with van der Waals surface area (Å²) >= 11 is 0. The van der Waals surface area contributed by atoms with Gasteiger partial charge in [0.05, 0.1) is 0 Å². The van der Waals surface area contributed by atoms with E-state index in [1.54, 1.807) is 0 Å². The summed E-state index contributed by atoms with van der Waals surface area (Å²) in [6.07, 6.45) is 5.59. The molecule has 1 aliphatic heterocycles. The van der Waals surface area contributed by atoms with Gasteiger partial charge in [-0.25, -0.2) is 0 Å². The third kappa shape index (κ3) is 7.67. The molecule has 8 heteroatoms. The molecule has 0 bridgehead atoms. The molecule has 1 aliphatic carbocycles. The molecule has 2 fully saturated rings. The predicted octanol–water partition coefficient (Wildman–Crippen LogP) is 1.48.